The molecule has 52 heavy (non-hydrogen) atoms. The Balaban J connectivity index is 1.23. The van der Waals surface area contributed by atoms with Gasteiger partial charge >= 0.3 is 0 Å². The summed E-state index contributed by atoms with van der Waals surface area (Å²) in [4.78, 5) is 12.4. The van der Waals surface area contributed by atoms with Crippen molar-refractivity contribution in [2.75, 3.05) is 4.90 Å². The molecule has 0 unspecified atom stereocenters. The Morgan fingerprint density at radius 1 is 0.558 bits per heavy atom. The Morgan fingerprint density at radius 2 is 1.21 bits per heavy atom. The fourth-order valence-corrected chi connectivity index (χ4v) is 14.7. The highest BCUT2D eigenvalue weighted by Crippen LogP contribution is 2.43. The third kappa shape index (κ3) is 4.20. The monoisotopic (exact) mass is 685 g/mol. The number of fused-ring (bicyclic) bond motifs is 10. The van der Waals surface area contributed by atoms with Gasteiger partial charge in [-0.2, -0.15) is 0 Å². The summed E-state index contributed by atoms with van der Waals surface area (Å²) in [7, 11) is -2.74. The number of aromatic nitrogens is 2. The van der Waals surface area contributed by atoms with E-state index in [2.05, 4.69) is 153 Å². The normalized spacial score (nSPS) is 13.5. The number of nitrogens with zero attached hydrogens (tertiary/aromatic N) is 3. The van der Waals surface area contributed by atoms with Crippen molar-refractivity contribution < 1.29 is 5.11 Å². The quantitative estimate of drug-likeness (QED) is 0.189. The summed E-state index contributed by atoms with van der Waals surface area (Å²) in [6, 6.07) is 52.4. The van der Waals surface area contributed by atoms with Gasteiger partial charge in [-0.05, 0) is 123 Å². The van der Waals surface area contributed by atoms with Gasteiger partial charge in [0.05, 0.1) is 5.69 Å². The molecule has 4 heterocycles. The maximum Gasteiger partial charge on any atom is 0.185 e. The molecule has 1 spiro atoms. The van der Waals surface area contributed by atoms with Crippen LogP contribution in [0.5, 0.6) is 5.75 Å². The van der Waals surface area contributed by atoms with E-state index in [0.29, 0.717) is 5.52 Å². The Morgan fingerprint density at radius 3 is 1.92 bits per heavy atom. The molecule has 0 saturated carbocycles. The minimum atomic E-state index is -2.74. The van der Waals surface area contributed by atoms with Gasteiger partial charge in [0.2, 0.25) is 0 Å². The fourth-order valence-electron chi connectivity index (χ4n) is 9.19. The maximum absolute atomic E-state index is 11.2. The average molecular weight is 686 g/mol. The average Bonchev–Trinajstić information content (AvgIpc) is 3.46. The molecule has 0 fully saturated rings. The van der Waals surface area contributed by atoms with Crippen molar-refractivity contribution in [2.24, 2.45) is 0 Å². The molecule has 0 aliphatic carbocycles. The SMILES string of the molecule is Cc1cc(C)c(-c2ccc(O)c3nc(-c4ccc5c(c4)N(c4ccccn4)c4ccccc4[Si]54c5ccccc5-c5ccccc54)ccc23)c(C)c1. The number of benzene rings is 6. The van der Waals surface area contributed by atoms with E-state index in [1.165, 1.54) is 54.1 Å². The van der Waals surface area contributed by atoms with Gasteiger partial charge in [-0.1, -0.05) is 103 Å². The predicted octanol–water partition coefficient (Wildman–Crippen LogP) is 8.74. The van der Waals surface area contributed by atoms with Gasteiger partial charge in [0.15, 0.2) is 8.07 Å². The highest BCUT2D eigenvalue weighted by molar-refractivity contribution is 7.23. The van der Waals surface area contributed by atoms with Crippen LogP contribution in [0.3, 0.4) is 0 Å². The lowest BCUT2D eigenvalue weighted by Gasteiger charge is -2.43. The van der Waals surface area contributed by atoms with E-state index in [1.54, 1.807) is 6.07 Å². The van der Waals surface area contributed by atoms with Crippen molar-refractivity contribution >= 4 is 56.9 Å². The first-order valence-electron chi connectivity index (χ1n) is 17.8. The minimum Gasteiger partial charge on any atom is -0.506 e. The molecule has 0 radical (unpaired) electrons. The number of phenols is 1. The van der Waals surface area contributed by atoms with Crippen LogP contribution in [0.25, 0.3) is 44.4 Å². The number of aromatic hydroxyl groups is 1. The van der Waals surface area contributed by atoms with E-state index >= 15 is 0 Å². The summed E-state index contributed by atoms with van der Waals surface area (Å²) in [6.07, 6.45) is 1.87. The van der Waals surface area contributed by atoms with Crippen molar-refractivity contribution in [1.82, 2.24) is 9.97 Å². The molecular formula is C47H35N3OSi. The number of phenolic OH excluding ortho intramolecular Hbond substituents is 1. The predicted molar refractivity (Wildman–Crippen MR) is 217 cm³/mol. The Labute approximate surface area is 304 Å². The van der Waals surface area contributed by atoms with Crippen molar-refractivity contribution in [3.63, 3.8) is 0 Å². The molecule has 5 heteroatoms. The molecule has 2 aliphatic heterocycles. The van der Waals surface area contributed by atoms with E-state index in [1.807, 2.05) is 18.3 Å². The summed E-state index contributed by atoms with van der Waals surface area (Å²) in [5, 5.41) is 17.7. The van der Waals surface area contributed by atoms with Crippen LogP contribution >= 0.6 is 0 Å². The van der Waals surface area contributed by atoms with E-state index < -0.39 is 8.07 Å². The van der Waals surface area contributed by atoms with Crippen LogP contribution in [0.1, 0.15) is 16.7 Å². The van der Waals surface area contributed by atoms with Gasteiger partial charge in [0, 0.05) is 28.5 Å². The summed E-state index contributed by atoms with van der Waals surface area (Å²) in [6.45, 7) is 6.45. The molecule has 1 N–H and O–H groups in total. The Hall–Kier alpha value is -6.30. The second-order valence-electron chi connectivity index (χ2n) is 14.1. The number of hydrogen-bond acceptors (Lipinski definition) is 4. The van der Waals surface area contributed by atoms with Gasteiger partial charge in [0.1, 0.15) is 17.1 Å². The number of para-hydroxylation sites is 1. The Bertz CT molecular complexity index is 2690. The Kier molecular flexibility index (Phi) is 6.66. The zero-order valence-electron chi connectivity index (χ0n) is 29.2. The third-order valence-corrected chi connectivity index (χ3v) is 16.1. The second-order valence-corrected chi connectivity index (χ2v) is 17.8. The minimum absolute atomic E-state index is 0.176. The molecule has 2 aromatic heterocycles. The lowest BCUT2D eigenvalue weighted by atomic mass is 9.91. The molecule has 8 aromatic rings. The van der Waals surface area contributed by atoms with Gasteiger partial charge < -0.3 is 5.11 Å². The van der Waals surface area contributed by atoms with Crippen LogP contribution in [0.4, 0.5) is 17.2 Å². The van der Waals surface area contributed by atoms with Crippen LogP contribution in [-0.2, 0) is 0 Å². The lowest BCUT2D eigenvalue weighted by molar-refractivity contribution is 0.480. The summed E-state index contributed by atoms with van der Waals surface area (Å²) in [5.41, 5.74) is 13.2. The number of anilines is 3. The van der Waals surface area contributed by atoms with E-state index in [0.717, 1.165) is 39.4 Å². The molecule has 0 bridgehead atoms. The van der Waals surface area contributed by atoms with E-state index in [9.17, 15) is 5.11 Å². The zero-order valence-corrected chi connectivity index (χ0v) is 30.2. The summed E-state index contributed by atoms with van der Waals surface area (Å²) >= 11 is 0. The first-order valence-corrected chi connectivity index (χ1v) is 19.8. The largest absolute Gasteiger partial charge is 0.506 e. The van der Waals surface area contributed by atoms with Crippen LogP contribution in [0, 0.1) is 20.8 Å². The van der Waals surface area contributed by atoms with Gasteiger partial charge in [-0.15, -0.1) is 0 Å². The molecule has 0 amide bonds. The fraction of sp³-hybridized carbons (Fsp3) is 0.0638. The van der Waals surface area contributed by atoms with Crippen LogP contribution in [0.15, 0.2) is 152 Å². The first-order chi connectivity index (χ1) is 25.4. The van der Waals surface area contributed by atoms with Gasteiger partial charge in [-0.3, -0.25) is 4.90 Å². The molecule has 2 aliphatic rings. The van der Waals surface area contributed by atoms with Crippen molar-refractivity contribution in [3.8, 4) is 39.3 Å². The summed E-state index contributed by atoms with van der Waals surface area (Å²) in [5.74, 6) is 1.05. The number of rotatable bonds is 3. The number of aryl methyl sites for hydroxylation is 3. The topological polar surface area (TPSA) is 49.3 Å². The molecule has 0 atom stereocenters. The summed E-state index contributed by atoms with van der Waals surface area (Å²) < 4.78 is 0. The van der Waals surface area contributed by atoms with Crippen LogP contribution < -0.4 is 25.6 Å². The standard InChI is InChI=1S/C47H35N3OSi/c1-29-26-30(2)46(31(3)27-29)35-21-23-40(51)47-36(35)20-22-37(49-47)32-19-24-44-39(28-32)50(45-18-10-11-25-48-45)38-14-6-9-17-43(38)52(44)41-15-7-4-12-33(41)34-13-5-8-16-42(34)52/h4-28,51H,1-3H3. The van der Waals surface area contributed by atoms with Crippen molar-refractivity contribution in [2.45, 2.75) is 20.8 Å². The maximum atomic E-state index is 11.2. The molecule has 248 valence electrons. The smallest absolute Gasteiger partial charge is 0.185 e. The highest BCUT2D eigenvalue weighted by atomic mass is 28.3. The lowest BCUT2D eigenvalue weighted by Crippen LogP contribution is -2.75. The number of hydrogen-bond donors (Lipinski definition) is 1. The van der Waals surface area contributed by atoms with Gasteiger partial charge in [0.25, 0.3) is 0 Å². The second kappa shape index (κ2) is 11.4. The van der Waals surface area contributed by atoms with E-state index in [-0.39, 0.29) is 5.75 Å². The van der Waals surface area contributed by atoms with Crippen LogP contribution in [-0.4, -0.2) is 23.1 Å². The number of pyridine rings is 2. The van der Waals surface area contributed by atoms with Crippen LogP contribution in [0.2, 0.25) is 0 Å². The first kappa shape index (κ1) is 30.5. The molecule has 6 aromatic carbocycles. The molecule has 10 rings (SSSR count). The van der Waals surface area contributed by atoms with Crippen molar-refractivity contribution in [1.29, 1.82) is 0 Å². The molecular weight excluding hydrogens is 651 g/mol. The van der Waals surface area contributed by atoms with Gasteiger partial charge in [-0.25, -0.2) is 9.97 Å². The third-order valence-electron chi connectivity index (χ3n) is 11.1. The molecule has 4 nitrogen and oxygen atoms in total. The zero-order chi connectivity index (χ0) is 35.1. The van der Waals surface area contributed by atoms with Crippen molar-refractivity contribution in [3.05, 3.63) is 168 Å². The highest BCUT2D eigenvalue weighted by Gasteiger charge is 2.54. The van der Waals surface area contributed by atoms with E-state index in [4.69, 9.17) is 9.97 Å². The molecule has 0 saturated heterocycles.